The number of carbonyl (C=O) groups is 1. The summed E-state index contributed by atoms with van der Waals surface area (Å²) in [5.41, 5.74) is 4.22. The molecule has 8 heteroatoms. The maximum atomic E-state index is 10.7. The fourth-order valence-electron chi connectivity index (χ4n) is 3.11. The zero-order valence-corrected chi connectivity index (χ0v) is 17.9. The van der Waals surface area contributed by atoms with Gasteiger partial charge in [0.2, 0.25) is 11.8 Å². The van der Waals surface area contributed by atoms with Gasteiger partial charge in [-0.25, -0.2) is 0 Å². The van der Waals surface area contributed by atoms with E-state index in [0.717, 1.165) is 22.3 Å². The maximum absolute atomic E-state index is 10.7. The molecule has 0 aliphatic rings. The predicted octanol–water partition coefficient (Wildman–Crippen LogP) is 5.32. The number of hydrogen-bond donors (Lipinski definition) is 2. The molecule has 0 unspecified atom stereocenters. The van der Waals surface area contributed by atoms with Crippen molar-refractivity contribution >= 4 is 30.0 Å². The largest absolute Gasteiger partial charge is 0.480 e. The molecule has 0 spiro atoms. The van der Waals surface area contributed by atoms with Crippen LogP contribution in [-0.2, 0) is 11.3 Å². The van der Waals surface area contributed by atoms with Crippen LogP contribution in [0.4, 0.5) is 0 Å². The monoisotopic (exact) mass is 455 g/mol. The number of carboxylic acids is 1. The van der Waals surface area contributed by atoms with Gasteiger partial charge < -0.3 is 14.8 Å². The van der Waals surface area contributed by atoms with Crippen molar-refractivity contribution in [2.75, 3.05) is 6.54 Å². The number of aliphatic carboxylic acids is 1. The van der Waals surface area contributed by atoms with Gasteiger partial charge in [-0.15, -0.1) is 22.6 Å². The van der Waals surface area contributed by atoms with Gasteiger partial charge in [-0.05, 0) is 29.3 Å². The third kappa shape index (κ3) is 5.30. The average Bonchev–Trinajstić information content (AvgIpc) is 3.25. The van der Waals surface area contributed by atoms with E-state index in [-0.39, 0.29) is 19.0 Å². The van der Waals surface area contributed by atoms with E-state index in [1.807, 2.05) is 72.8 Å². The summed E-state index contributed by atoms with van der Waals surface area (Å²) < 4.78 is 5.90. The van der Waals surface area contributed by atoms with Crippen LogP contribution in [0.3, 0.4) is 0 Å². The van der Waals surface area contributed by atoms with Crippen LogP contribution in [0.1, 0.15) is 5.56 Å². The Morgan fingerprint density at radius 1 is 0.903 bits per heavy atom. The molecule has 0 aliphatic heterocycles. The standard InChI is InChI=1S/C23H18ClN3O3.ClH/c24-21-18(16-7-2-1-3-8-16)10-5-11-19(21)23-27-26-22(30-23)17-9-4-6-15(12-17)13-25-14-20(28)29;/h1-12,25H,13-14H2,(H,28,29);1H. The molecular formula is C23H19Cl2N3O3. The molecule has 0 aliphatic carbocycles. The Bertz CT molecular complexity index is 1180. The molecule has 4 rings (SSSR count). The molecule has 6 nitrogen and oxygen atoms in total. The molecule has 0 saturated heterocycles. The molecule has 1 heterocycles. The highest BCUT2D eigenvalue weighted by Gasteiger charge is 2.16. The van der Waals surface area contributed by atoms with E-state index in [1.54, 1.807) is 0 Å². The van der Waals surface area contributed by atoms with Crippen LogP contribution in [-0.4, -0.2) is 27.8 Å². The van der Waals surface area contributed by atoms with Crippen molar-refractivity contribution in [1.29, 1.82) is 0 Å². The zero-order chi connectivity index (χ0) is 20.9. The fourth-order valence-corrected chi connectivity index (χ4v) is 3.43. The highest BCUT2D eigenvalue weighted by Crippen LogP contribution is 2.36. The minimum Gasteiger partial charge on any atom is -0.480 e. The lowest BCUT2D eigenvalue weighted by atomic mass is 10.0. The van der Waals surface area contributed by atoms with Crippen LogP contribution in [0.2, 0.25) is 5.02 Å². The van der Waals surface area contributed by atoms with E-state index in [2.05, 4.69) is 15.5 Å². The van der Waals surface area contributed by atoms with Gasteiger partial charge in [0.15, 0.2) is 0 Å². The van der Waals surface area contributed by atoms with Gasteiger partial charge in [0.1, 0.15) is 0 Å². The van der Waals surface area contributed by atoms with Crippen molar-refractivity contribution in [2.24, 2.45) is 0 Å². The van der Waals surface area contributed by atoms with Gasteiger partial charge in [0, 0.05) is 17.7 Å². The summed E-state index contributed by atoms with van der Waals surface area (Å²) >= 11 is 6.66. The topological polar surface area (TPSA) is 88.2 Å². The number of hydrogen-bond acceptors (Lipinski definition) is 5. The van der Waals surface area contributed by atoms with Gasteiger partial charge in [-0.1, -0.05) is 66.2 Å². The third-order valence-electron chi connectivity index (χ3n) is 4.52. The van der Waals surface area contributed by atoms with Crippen molar-refractivity contribution in [3.8, 4) is 34.0 Å². The highest BCUT2D eigenvalue weighted by molar-refractivity contribution is 6.35. The lowest BCUT2D eigenvalue weighted by Gasteiger charge is -2.07. The fraction of sp³-hybridized carbons (Fsp3) is 0.0870. The predicted molar refractivity (Wildman–Crippen MR) is 122 cm³/mol. The van der Waals surface area contributed by atoms with Crippen molar-refractivity contribution in [1.82, 2.24) is 15.5 Å². The minimum atomic E-state index is -0.901. The van der Waals surface area contributed by atoms with Gasteiger partial charge in [-0.2, -0.15) is 0 Å². The number of halogens is 2. The Morgan fingerprint density at radius 3 is 2.35 bits per heavy atom. The Kier molecular flexibility index (Phi) is 7.41. The molecule has 31 heavy (non-hydrogen) atoms. The first kappa shape index (κ1) is 22.5. The van der Waals surface area contributed by atoms with Crippen molar-refractivity contribution < 1.29 is 14.3 Å². The van der Waals surface area contributed by atoms with E-state index in [9.17, 15) is 4.79 Å². The Labute approximate surface area is 190 Å². The Morgan fingerprint density at radius 2 is 1.58 bits per heavy atom. The zero-order valence-electron chi connectivity index (χ0n) is 16.3. The van der Waals surface area contributed by atoms with Crippen LogP contribution in [0.25, 0.3) is 34.0 Å². The summed E-state index contributed by atoms with van der Waals surface area (Å²) in [4.78, 5) is 10.7. The van der Waals surface area contributed by atoms with Crippen molar-refractivity contribution in [3.63, 3.8) is 0 Å². The molecule has 1 aromatic heterocycles. The molecule has 0 fully saturated rings. The number of nitrogens with zero attached hydrogens (tertiary/aromatic N) is 2. The quantitative estimate of drug-likeness (QED) is 0.391. The Hall–Kier alpha value is -3.19. The first-order valence-corrected chi connectivity index (χ1v) is 9.69. The number of benzene rings is 3. The molecule has 0 amide bonds. The smallest absolute Gasteiger partial charge is 0.317 e. The molecule has 3 aromatic carbocycles. The molecule has 0 saturated carbocycles. The number of aromatic nitrogens is 2. The van der Waals surface area contributed by atoms with Crippen LogP contribution < -0.4 is 5.32 Å². The normalized spacial score (nSPS) is 10.5. The van der Waals surface area contributed by atoms with Crippen LogP contribution in [0.15, 0.2) is 77.2 Å². The number of carboxylic acid groups (broad SMARTS) is 1. The molecule has 0 radical (unpaired) electrons. The second-order valence-corrected chi connectivity index (χ2v) is 7.02. The summed E-state index contributed by atoms with van der Waals surface area (Å²) in [5, 5.41) is 20.5. The van der Waals surface area contributed by atoms with Crippen molar-refractivity contribution in [2.45, 2.75) is 6.54 Å². The number of rotatable bonds is 7. The molecular weight excluding hydrogens is 437 g/mol. The number of nitrogens with one attached hydrogen (secondary N) is 1. The third-order valence-corrected chi connectivity index (χ3v) is 4.93. The van der Waals surface area contributed by atoms with E-state index < -0.39 is 5.97 Å². The molecule has 158 valence electrons. The van der Waals surface area contributed by atoms with E-state index >= 15 is 0 Å². The molecule has 4 aromatic rings. The summed E-state index contributed by atoms with van der Waals surface area (Å²) in [6.07, 6.45) is 0. The summed E-state index contributed by atoms with van der Waals surface area (Å²) in [5.74, 6) is -0.198. The van der Waals surface area contributed by atoms with Gasteiger partial charge in [0.25, 0.3) is 0 Å². The van der Waals surface area contributed by atoms with E-state index in [4.69, 9.17) is 21.1 Å². The van der Waals surface area contributed by atoms with Gasteiger partial charge in [0.05, 0.1) is 17.1 Å². The molecule has 0 atom stereocenters. The van der Waals surface area contributed by atoms with Crippen molar-refractivity contribution in [3.05, 3.63) is 83.4 Å². The van der Waals surface area contributed by atoms with Gasteiger partial charge >= 0.3 is 5.97 Å². The van der Waals surface area contributed by atoms with E-state index in [1.165, 1.54) is 0 Å². The summed E-state index contributed by atoms with van der Waals surface area (Å²) in [6.45, 7) is 0.317. The Balaban J connectivity index is 0.00000272. The summed E-state index contributed by atoms with van der Waals surface area (Å²) in [7, 11) is 0. The van der Waals surface area contributed by atoms with E-state index in [0.29, 0.717) is 28.9 Å². The molecule has 0 bridgehead atoms. The van der Waals surface area contributed by atoms with Crippen LogP contribution in [0, 0.1) is 0 Å². The SMILES string of the molecule is Cl.O=C(O)CNCc1cccc(-c2nnc(-c3cccc(-c4ccccc4)c3Cl)o2)c1. The maximum Gasteiger partial charge on any atom is 0.317 e. The first-order valence-electron chi connectivity index (χ1n) is 9.31. The minimum absolute atomic E-state index is 0. The van der Waals surface area contributed by atoms with Crippen LogP contribution in [0.5, 0.6) is 0 Å². The summed E-state index contributed by atoms with van der Waals surface area (Å²) in [6, 6.07) is 23.1. The lowest BCUT2D eigenvalue weighted by molar-refractivity contribution is -0.135. The average molecular weight is 456 g/mol. The lowest BCUT2D eigenvalue weighted by Crippen LogP contribution is -2.21. The van der Waals surface area contributed by atoms with Crippen LogP contribution >= 0.6 is 24.0 Å². The second-order valence-electron chi connectivity index (χ2n) is 6.64. The second kappa shape index (κ2) is 10.2. The molecule has 2 N–H and O–H groups in total. The first-order chi connectivity index (χ1) is 14.6. The highest BCUT2D eigenvalue weighted by atomic mass is 35.5. The van der Waals surface area contributed by atoms with Gasteiger partial charge in [-0.3, -0.25) is 4.79 Å².